The van der Waals surface area contributed by atoms with E-state index in [1.54, 1.807) is 35.0 Å². The molecule has 4 nitrogen and oxygen atoms in total. The summed E-state index contributed by atoms with van der Waals surface area (Å²) in [5.41, 5.74) is 0.312. The number of aromatic nitrogens is 2. The van der Waals surface area contributed by atoms with Gasteiger partial charge in [-0.2, -0.15) is 0 Å². The molecule has 5 rings (SSSR count). The van der Waals surface area contributed by atoms with E-state index in [1.165, 1.54) is 10.7 Å². The van der Waals surface area contributed by atoms with Crippen LogP contribution in [0.15, 0.2) is 52.1 Å². The van der Waals surface area contributed by atoms with Gasteiger partial charge in [-0.15, -0.1) is 0 Å². The molecule has 3 aromatic rings. The van der Waals surface area contributed by atoms with Gasteiger partial charge in [0, 0.05) is 5.92 Å². The van der Waals surface area contributed by atoms with Crippen LogP contribution in [0.3, 0.4) is 0 Å². The summed E-state index contributed by atoms with van der Waals surface area (Å²) in [6, 6.07) is 10.4. The Morgan fingerprint density at radius 2 is 1.52 bits per heavy atom. The molecule has 126 valence electrons. The predicted molar refractivity (Wildman–Crippen MR) is 88.9 cm³/mol. The Balaban J connectivity index is 1.72. The topological polar surface area (TPSA) is 44.0 Å². The second-order valence-corrected chi connectivity index (χ2v) is 6.82. The van der Waals surface area contributed by atoms with E-state index in [2.05, 4.69) is 0 Å². The van der Waals surface area contributed by atoms with E-state index in [4.69, 9.17) is 0 Å². The summed E-state index contributed by atoms with van der Waals surface area (Å²) in [6.45, 7) is 0. The third kappa shape index (κ3) is 1.85. The number of nitrogens with zero attached hydrogens (tertiary/aromatic N) is 2. The third-order valence-corrected chi connectivity index (χ3v) is 5.57. The highest BCUT2D eigenvalue weighted by atomic mass is 19.2. The highest BCUT2D eigenvalue weighted by Crippen LogP contribution is 2.51. The first-order chi connectivity index (χ1) is 12.1. The van der Waals surface area contributed by atoms with Crippen LogP contribution in [0.25, 0.3) is 10.8 Å². The Morgan fingerprint density at radius 3 is 2.20 bits per heavy atom. The number of benzene rings is 2. The van der Waals surface area contributed by atoms with Crippen molar-refractivity contribution in [1.82, 2.24) is 9.36 Å². The average molecular weight is 340 g/mol. The fourth-order valence-corrected chi connectivity index (χ4v) is 4.51. The van der Waals surface area contributed by atoms with Crippen molar-refractivity contribution in [3.63, 3.8) is 0 Å². The minimum atomic E-state index is -0.886. The number of fused-ring (bicyclic) bond motifs is 6. The number of rotatable bonds is 1. The first-order valence-corrected chi connectivity index (χ1v) is 8.27. The van der Waals surface area contributed by atoms with E-state index in [-0.39, 0.29) is 29.1 Å². The second-order valence-electron chi connectivity index (χ2n) is 6.82. The molecule has 2 aromatic carbocycles. The van der Waals surface area contributed by atoms with Crippen molar-refractivity contribution in [1.29, 1.82) is 0 Å². The molecule has 3 atom stereocenters. The lowest BCUT2D eigenvalue weighted by Crippen LogP contribution is -2.40. The van der Waals surface area contributed by atoms with Crippen LogP contribution in [0, 0.1) is 11.6 Å². The molecule has 6 heteroatoms. The molecule has 1 aromatic heterocycles. The molecule has 2 bridgehead atoms. The van der Waals surface area contributed by atoms with Crippen molar-refractivity contribution < 1.29 is 8.78 Å². The maximum Gasteiger partial charge on any atom is 0.273 e. The number of hydrogen-bond donors (Lipinski definition) is 0. The molecule has 0 radical (unpaired) electrons. The van der Waals surface area contributed by atoms with E-state index < -0.39 is 11.6 Å². The van der Waals surface area contributed by atoms with Gasteiger partial charge < -0.3 is 0 Å². The standard InChI is InChI=1S/C19H14F2N2O2/c20-15-6-5-10(7-16(15)21)14-8-11-9-17(14)23-19(25)13-4-2-1-3-12(13)18(24)22(11)23/h1-7,11,14,17H,8-9H2/t11-,14+,17-/m0/s1. The van der Waals surface area contributed by atoms with Gasteiger partial charge in [0.2, 0.25) is 0 Å². The molecule has 0 saturated heterocycles. The maximum atomic E-state index is 13.6. The van der Waals surface area contributed by atoms with Crippen LogP contribution >= 0.6 is 0 Å². The van der Waals surface area contributed by atoms with Crippen molar-refractivity contribution in [3.8, 4) is 0 Å². The van der Waals surface area contributed by atoms with Crippen molar-refractivity contribution >= 4 is 10.8 Å². The Morgan fingerprint density at radius 1 is 0.840 bits per heavy atom. The third-order valence-electron chi connectivity index (χ3n) is 5.57. The highest BCUT2D eigenvalue weighted by Gasteiger charge is 2.46. The van der Waals surface area contributed by atoms with Gasteiger partial charge in [-0.05, 0) is 42.7 Å². The first kappa shape index (κ1) is 14.6. The van der Waals surface area contributed by atoms with Crippen LogP contribution in [0.4, 0.5) is 8.78 Å². The molecular formula is C19H14F2N2O2. The summed E-state index contributed by atoms with van der Waals surface area (Å²) in [5.74, 6) is -1.87. The van der Waals surface area contributed by atoms with Crippen LogP contribution in [0.2, 0.25) is 0 Å². The van der Waals surface area contributed by atoms with Gasteiger partial charge in [-0.25, -0.2) is 18.1 Å². The van der Waals surface area contributed by atoms with Crippen molar-refractivity contribution in [3.05, 3.63) is 80.4 Å². The largest absolute Gasteiger partial charge is 0.273 e. The van der Waals surface area contributed by atoms with E-state index in [0.717, 1.165) is 6.07 Å². The Kier molecular flexibility index (Phi) is 2.84. The zero-order chi connectivity index (χ0) is 17.3. The summed E-state index contributed by atoms with van der Waals surface area (Å²) in [5, 5.41) is 0.834. The number of hydrogen-bond acceptors (Lipinski definition) is 2. The van der Waals surface area contributed by atoms with E-state index in [1.807, 2.05) is 0 Å². The van der Waals surface area contributed by atoms with Gasteiger partial charge in [-0.1, -0.05) is 18.2 Å². The van der Waals surface area contributed by atoms with Crippen LogP contribution in [0.5, 0.6) is 0 Å². The smallest absolute Gasteiger partial charge is 0.267 e. The Bertz CT molecular complexity index is 1150. The van der Waals surface area contributed by atoms with Crippen LogP contribution in [0.1, 0.15) is 36.4 Å². The summed E-state index contributed by atoms with van der Waals surface area (Å²) in [4.78, 5) is 25.7. The van der Waals surface area contributed by atoms with E-state index in [9.17, 15) is 18.4 Å². The fourth-order valence-electron chi connectivity index (χ4n) is 4.51. The lowest BCUT2D eigenvalue weighted by molar-refractivity contribution is 0.326. The monoisotopic (exact) mass is 340 g/mol. The SMILES string of the molecule is O=c1c2ccccc2c(=O)n2n1[C@H]1C[C@H](c3ccc(F)c(F)c3)[C@@H]2C1. The highest BCUT2D eigenvalue weighted by molar-refractivity contribution is 5.80. The average Bonchev–Trinajstić information content (AvgIpc) is 3.21. The van der Waals surface area contributed by atoms with E-state index in [0.29, 0.717) is 29.2 Å². The second kappa shape index (κ2) is 4.88. The van der Waals surface area contributed by atoms with Gasteiger partial charge in [-0.3, -0.25) is 9.59 Å². The molecule has 0 unspecified atom stereocenters. The summed E-state index contributed by atoms with van der Waals surface area (Å²) in [6.07, 6.45) is 1.31. The van der Waals surface area contributed by atoms with Crippen LogP contribution < -0.4 is 11.1 Å². The molecule has 25 heavy (non-hydrogen) atoms. The van der Waals surface area contributed by atoms with Crippen LogP contribution in [-0.2, 0) is 0 Å². The van der Waals surface area contributed by atoms with Crippen molar-refractivity contribution in [2.24, 2.45) is 0 Å². The lowest BCUT2D eigenvalue weighted by Gasteiger charge is -2.28. The first-order valence-electron chi connectivity index (χ1n) is 8.27. The van der Waals surface area contributed by atoms with E-state index >= 15 is 0 Å². The Hall–Kier alpha value is -2.76. The predicted octanol–water partition coefficient (Wildman–Crippen LogP) is 3.11. The summed E-state index contributed by atoms with van der Waals surface area (Å²) >= 11 is 0. The van der Waals surface area contributed by atoms with Gasteiger partial charge in [0.25, 0.3) is 11.1 Å². The van der Waals surface area contributed by atoms with Crippen molar-refractivity contribution in [2.75, 3.05) is 0 Å². The molecule has 1 saturated carbocycles. The molecule has 0 N–H and O–H groups in total. The molecule has 2 aliphatic rings. The van der Waals surface area contributed by atoms with Gasteiger partial charge in [0.05, 0.1) is 22.9 Å². The van der Waals surface area contributed by atoms with Gasteiger partial charge in [0.1, 0.15) is 0 Å². The molecule has 0 amide bonds. The normalized spacial score (nSPS) is 24.0. The zero-order valence-electron chi connectivity index (χ0n) is 13.2. The summed E-state index contributed by atoms with van der Waals surface area (Å²) in [7, 11) is 0. The molecule has 1 aliphatic carbocycles. The molecule has 1 fully saturated rings. The van der Waals surface area contributed by atoms with Crippen molar-refractivity contribution in [2.45, 2.75) is 30.8 Å². The van der Waals surface area contributed by atoms with Gasteiger partial charge in [0.15, 0.2) is 11.6 Å². The molecule has 0 spiro atoms. The maximum absolute atomic E-state index is 13.6. The lowest BCUT2D eigenvalue weighted by atomic mass is 9.93. The van der Waals surface area contributed by atoms with Crippen LogP contribution in [-0.4, -0.2) is 9.36 Å². The molecular weight excluding hydrogens is 326 g/mol. The summed E-state index contributed by atoms with van der Waals surface area (Å²) < 4.78 is 29.9. The minimum absolute atomic E-state index is 0.0899. The zero-order valence-corrected chi connectivity index (χ0v) is 13.2. The fraction of sp³-hybridized carbons (Fsp3) is 0.263. The van der Waals surface area contributed by atoms with Gasteiger partial charge >= 0.3 is 0 Å². The quantitative estimate of drug-likeness (QED) is 0.683. The molecule has 2 heterocycles. The Labute approximate surface area is 140 Å². The molecule has 1 aliphatic heterocycles. The minimum Gasteiger partial charge on any atom is -0.267 e. The number of halogens is 2.